The number of fused-ring (bicyclic) bond motifs is 1. The van der Waals surface area contributed by atoms with Crippen molar-refractivity contribution in [3.63, 3.8) is 0 Å². The van der Waals surface area contributed by atoms with Crippen molar-refractivity contribution in [1.29, 1.82) is 0 Å². The maximum atomic E-state index is 12.5. The molecule has 1 aliphatic heterocycles. The molecular formula is C20H17N3O2. The first kappa shape index (κ1) is 15.3. The van der Waals surface area contributed by atoms with Crippen molar-refractivity contribution in [1.82, 2.24) is 4.98 Å². The highest BCUT2D eigenvalue weighted by atomic mass is 16.2. The SMILES string of the molecule is O=C(Nc1cccnc1)[C@@H]1CC(=O)N(c2cccc3ccccc23)C1. The van der Waals surface area contributed by atoms with E-state index in [9.17, 15) is 9.59 Å². The van der Waals surface area contributed by atoms with Crippen LogP contribution in [0.3, 0.4) is 0 Å². The second-order valence-electron chi connectivity index (χ2n) is 6.13. The fraction of sp³-hybridized carbons (Fsp3) is 0.150. The number of pyridine rings is 1. The molecule has 0 bridgehead atoms. The standard InChI is InChI=1S/C20H17N3O2/c24-19-11-15(20(25)22-16-7-4-10-21-12-16)13-23(19)18-9-3-6-14-5-1-2-8-17(14)18/h1-10,12,15H,11,13H2,(H,22,25)/t15-/m1/s1. The van der Waals surface area contributed by atoms with Gasteiger partial charge in [-0.2, -0.15) is 0 Å². The van der Waals surface area contributed by atoms with Gasteiger partial charge in [-0.05, 0) is 23.6 Å². The Hall–Kier alpha value is -3.21. The summed E-state index contributed by atoms with van der Waals surface area (Å²) in [6.07, 6.45) is 3.46. The molecule has 2 aromatic carbocycles. The largest absolute Gasteiger partial charge is 0.324 e. The molecule has 2 heterocycles. The van der Waals surface area contributed by atoms with Crippen molar-refractivity contribution in [2.75, 3.05) is 16.8 Å². The van der Waals surface area contributed by atoms with Crippen molar-refractivity contribution in [3.05, 3.63) is 67.0 Å². The maximum Gasteiger partial charge on any atom is 0.229 e. The topological polar surface area (TPSA) is 62.3 Å². The number of hydrogen-bond acceptors (Lipinski definition) is 3. The highest BCUT2D eigenvalue weighted by molar-refractivity contribution is 6.08. The molecule has 0 radical (unpaired) electrons. The molecule has 1 N–H and O–H groups in total. The normalized spacial score (nSPS) is 17.0. The van der Waals surface area contributed by atoms with E-state index in [0.29, 0.717) is 12.2 Å². The van der Waals surface area contributed by atoms with Crippen molar-refractivity contribution in [3.8, 4) is 0 Å². The van der Waals surface area contributed by atoms with E-state index >= 15 is 0 Å². The van der Waals surface area contributed by atoms with Gasteiger partial charge in [0.1, 0.15) is 0 Å². The number of rotatable bonds is 3. The predicted octanol–water partition coefficient (Wildman–Crippen LogP) is 3.23. The van der Waals surface area contributed by atoms with E-state index in [-0.39, 0.29) is 24.2 Å². The summed E-state index contributed by atoms with van der Waals surface area (Å²) in [5.74, 6) is -0.543. The fourth-order valence-corrected chi connectivity index (χ4v) is 3.24. The summed E-state index contributed by atoms with van der Waals surface area (Å²) in [5.41, 5.74) is 1.50. The van der Waals surface area contributed by atoms with Crippen LogP contribution in [0.25, 0.3) is 10.8 Å². The average molecular weight is 331 g/mol. The summed E-state index contributed by atoms with van der Waals surface area (Å²) in [4.78, 5) is 30.7. The Morgan fingerprint density at radius 3 is 2.76 bits per heavy atom. The van der Waals surface area contributed by atoms with Crippen LogP contribution >= 0.6 is 0 Å². The third-order valence-corrected chi connectivity index (χ3v) is 4.48. The molecule has 3 aromatic rings. The fourth-order valence-electron chi connectivity index (χ4n) is 3.24. The van der Waals surface area contributed by atoms with Crippen LogP contribution in [0.15, 0.2) is 67.0 Å². The first-order valence-electron chi connectivity index (χ1n) is 8.21. The molecule has 4 rings (SSSR count). The molecule has 5 nitrogen and oxygen atoms in total. The van der Waals surface area contributed by atoms with E-state index in [0.717, 1.165) is 16.5 Å². The molecule has 0 spiro atoms. The minimum absolute atomic E-state index is 0.0253. The molecule has 0 aliphatic carbocycles. The monoisotopic (exact) mass is 331 g/mol. The summed E-state index contributed by atoms with van der Waals surface area (Å²) in [5, 5.41) is 4.93. The Morgan fingerprint density at radius 2 is 1.92 bits per heavy atom. The van der Waals surface area contributed by atoms with Crippen molar-refractivity contribution in [2.24, 2.45) is 5.92 Å². The Bertz CT molecular complexity index is 935. The molecule has 1 saturated heterocycles. The minimum atomic E-state index is -0.369. The third kappa shape index (κ3) is 2.96. The highest BCUT2D eigenvalue weighted by Gasteiger charge is 2.35. The Balaban J connectivity index is 1.57. The van der Waals surface area contributed by atoms with Gasteiger partial charge in [0.25, 0.3) is 0 Å². The number of carbonyl (C=O) groups is 2. The van der Waals surface area contributed by atoms with Gasteiger partial charge >= 0.3 is 0 Å². The van der Waals surface area contributed by atoms with E-state index in [1.54, 1.807) is 29.4 Å². The van der Waals surface area contributed by atoms with Crippen LogP contribution in [0.4, 0.5) is 11.4 Å². The van der Waals surface area contributed by atoms with Gasteiger partial charge in [-0.1, -0.05) is 36.4 Å². The molecular weight excluding hydrogens is 314 g/mol. The van der Waals surface area contributed by atoms with Crippen molar-refractivity contribution < 1.29 is 9.59 Å². The number of nitrogens with zero attached hydrogens (tertiary/aromatic N) is 2. The molecule has 1 aromatic heterocycles. The van der Waals surface area contributed by atoms with Crippen molar-refractivity contribution >= 4 is 34.0 Å². The predicted molar refractivity (Wildman–Crippen MR) is 97.3 cm³/mol. The van der Waals surface area contributed by atoms with Crippen LogP contribution in [0.2, 0.25) is 0 Å². The Kier molecular flexibility index (Phi) is 3.90. The number of nitrogens with one attached hydrogen (secondary N) is 1. The lowest BCUT2D eigenvalue weighted by atomic mass is 10.1. The molecule has 2 amide bonds. The lowest BCUT2D eigenvalue weighted by Crippen LogP contribution is -2.28. The van der Waals surface area contributed by atoms with Gasteiger partial charge in [-0.15, -0.1) is 0 Å². The van der Waals surface area contributed by atoms with Crippen LogP contribution in [-0.2, 0) is 9.59 Å². The van der Waals surface area contributed by atoms with E-state index < -0.39 is 0 Å². The first-order valence-corrected chi connectivity index (χ1v) is 8.21. The number of benzene rings is 2. The van der Waals surface area contributed by atoms with Gasteiger partial charge < -0.3 is 10.2 Å². The van der Waals surface area contributed by atoms with E-state index in [4.69, 9.17) is 0 Å². The summed E-state index contributed by atoms with van der Waals surface area (Å²) >= 11 is 0. The molecule has 1 atom stereocenters. The average Bonchev–Trinajstić information content (AvgIpc) is 3.04. The smallest absolute Gasteiger partial charge is 0.229 e. The van der Waals surface area contributed by atoms with Gasteiger partial charge in [-0.3, -0.25) is 14.6 Å². The Morgan fingerprint density at radius 1 is 1.08 bits per heavy atom. The third-order valence-electron chi connectivity index (χ3n) is 4.48. The quantitative estimate of drug-likeness (QED) is 0.801. The van der Waals surface area contributed by atoms with Gasteiger partial charge in [0.2, 0.25) is 11.8 Å². The summed E-state index contributed by atoms with van der Waals surface area (Å²) in [6, 6.07) is 17.4. The maximum absolute atomic E-state index is 12.5. The molecule has 124 valence electrons. The second kappa shape index (κ2) is 6.36. The lowest BCUT2D eigenvalue weighted by Gasteiger charge is -2.19. The van der Waals surface area contributed by atoms with E-state index in [1.165, 1.54) is 0 Å². The van der Waals surface area contributed by atoms with Crippen LogP contribution in [0, 0.1) is 5.92 Å². The molecule has 0 saturated carbocycles. The number of aromatic nitrogens is 1. The van der Waals surface area contributed by atoms with Crippen molar-refractivity contribution in [2.45, 2.75) is 6.42 Å². The molecule has 25 heavy (non-hydrogen) atoms. The number of anilines is 2. The number of carbonyl (C=O) groups excluding carboxylic acids is 2. The van der Waals surface area contributed by atoms with Gasteiger partial charge in [-0.25, -0.2) is 0 Å². The highest BCUT2D eigenvalue weighted by Crippen LogP contribution is 2.32. The lowest BCUT2D eigenvalue weighted by molar-refractivity contribution is -0.122. The molecule has 1 aliphatic rings. The van der Waals surface area contributed by atoms with Crippen LogP contribution < -0.4 is 10.2 Å². The second-order valence-corrected chi connectivity index (χ2v) is 6.13. The zero-order chi connectivity index (χ0) is 17.2. The van der Waals surface area contributed by atoms with E-state index in [1.807, 2.05) is 42.5 Å². The molecule has 5 heteroatoms. The summed E-state index contributed by atoms with van der Waals surface area (Å²) in [6.45, 7) is 0.388. The van der Waals surface area contributed by atoms with Crippen LogP contribution in [0.1, 0.15) is 6.42 Å². The van der Waals surface area contributed by atoms with Crippen LogP contribution in [-0.4, -0.2) is 23.3 Å². The zero-order valence-electron chi connectivity index (χ0n) is 13.6. The number of hydrogen-bond donors (Lipinski definition) is 1. The Labute approximate surface area is 145 Å². The summed E-state index contributed by atoms with van der Waals surface area (Å²) in [7, 11) is 0. The molecule has 0 unspecified atom stereocenters. The first-order chi connectivity index (χ1) is 12.2. The zero-order valence-corrected chi connectivity index (χ0v) is 13.6. The minimum Gasteiger partial charge on any atom is -0.324 e. The van der Waals surface area contributed by atoms with Gasteiger partial charge in [0.05, 0.1) is 23.5 Å². The molecule has 1 fully saturated rings. The van der Waals surface area contributed by atoms with Gasteiger partial charge in [0.15, 0.2) is 0 Å². The number of amides is 2. The van der Waals surface area contributed by atoms with Crippen LogP contribution in [0.5, 0.6) is 0 Å². The van der Waals surface area contributed by atoms with E-state index in [2.05, 4.69) is 10.3 Å². The summed E-state index contributed by atoms with van der Waals surface area (Å²) < 4.78 is 0. The van der Waals surface area contributed by atoms with Gasteiger partial charge in [0, 0.05) is 24.5 Å².